The SMILES string of the molecule is Cc1nc(C(C)NC(=O)CCCCCN2C(=O)c3ccccc3C2=O)cs1. The summed E-state index contributed by atoms with van der Waals surface area (Å²) in [6.45, 7) is 4.26. The zero-order valence-corrected chi connectivity index (χ0v) is 16.3. The van der Waals surface area contributed by atoms with Crippen LogP contribution in [0.25, 0.3) is 0 Å². The van der Waals surface area contributed by atoms with Crippen LogP contribution < -0.4 is 5.32 Å². The maximum atomic E-state index is 12.3. The number of aromatic nitrogens is 1. The molecule has 27 heavy (non-hydrogen) atoms. The molecule has 6 nitrogen and oxygen atoms in total. The maximum absolute atomic E-state index is 12.3. The van der Waals surface area contributed by atoms with Crippen molar-refractivity contribution in [2.75, 3.05) is 6.54 Å². The fourth-order valence-corrected chi connectivity index (χ4v) is 3.85. The lowest BCUT2D eigenvalue weighted by Crippen LogP contribution is -2.30. The molecular weight excluding hydrogens is 362 g/mol. The summed E-state index contributed by atoms with van der Waals surface area (Å²) in [5.41, 5.74) is 1.85. The minimum atomic E-state index is -0.222. The van der Waals surface area contributed by atoms with Crippen molar-refractivity contribution in [2.24, 2.45) is 0 Å². The van der Waals surface area contributed by atoms with Gasteiger partial charge in [-0.15, -0.1) is 11.3 Å². The van der Waals surface area contributed by atoms with E-state index in [0.717, 1.165) is 23.5 Å². The zero-order chi connectivity index (χ0) is 19.4. The summed E-state index contributed by atoms with van der Waals surface area (Å²) in [5.74, 6) is -0.449. The van der Waals surface area contributed by atoms with Crippen molar-refractivity contribution < 1.29 is 14.4 Å². The summed E-state index contributed by atoms with van der Waals surface area (Å²) in [6.07, 6.45) is 2.62. The van der Waals surface area contributed by atoms with Gasteiger partial charge in [0.2, 0.25) is 5.91 Å². The Bertz CT molecular complexity index is 827. The summed E-state index contributed by atoms with van der Waals surface area (Å²) in [7, 11) is 0. The Kier molecular flexibility index (Phi) is 6.01. The lowest BCUT2D eigenvalue weighted by atomic mass is 10.1. The number of hydrogen-bond acceptors (Lipinski definition) is 5. The van der Waals surface area contributed by atoms with E-state index in [1.54, 1.807) is 35.6 Å². The number of aryl methyl sites for hydroxylation is 1. The summed E-state index contributed by atoms with van der Waals surface area (Å²) >= 11 is 1.57. The molecule has 1 aromatic heterocycles. The van der Waals surface area contributed by atoms with E-state index in [4.69, 9.17) is 0 Å². The Morgan fingerprint density at radius 3 is 2.41 bits per heavy atom. The summed E-state index contributed by atoms with van der Waals surface area (Å²) in [4.78, 5) is 42.3. The number of fused-ring (bicyclic) bond motifs is 1. The average Bonchev–Trinajstić information content (AvgIpc) is 3.19. The number of imide groups is 1. The Morgan fingerprint density at radius 1 is 1.15 bits per heavy atom. The van der Waals surface area contributed by atoms with E-state index >= 15 is 0 Å². The van der Waals surface area contributed by atoms with Gasteiger partial charge in [-0.2, -0.15) is 0 Å². The molecule has 1 atom stereocenters. The highest BCUT2D eigenvalue weighted by Crippen LogP contribution is 2.23. The van der Waals surface area contributed by atoms with Crippen LogP contribution in [0.15, 0.2) is 29.6 Å². The minimum Gasteiger partial charge on any atom is -0.348 e. The Balaban J connectivity index is 1.37. The normalized spacial score (nSPS) is 14.4. The van der Waals surface area contributed by atoms with Crippen molar-refractivity contribution in [1.82, 2.24) is 15.2 Å². The second-order valence-electron chi connectivity index (χ2n) is 6.70. The molecule has 7 heteroatoms. The molecule has 0 fully saturated rings. The number of nitrogens with zero attached hydrogens (tertiary/aromatic N) is 2. The molecule has 0 radical (unpaired) electrons. The molecule has 1 N–H and O–H groups in total. The van der Waals surface area contributed by atoms with Crippen molar-refractivity contribution in [3.8, 4) is 0 Å². The third-order valence-electron chi connectivity index (χ3n) is 4.62. The predicted octanol–water partition coefficient (Wildman–Crippen LogP) is 3.49. The van der Waals surface area contributed by atoms with Crippen LogP contribution in [0.2, 0.25) is 0 Å². The van der Waals surface area contributed by atoms with Crippen LogP contribution in [-0.4, -0.2) is 34.2 Å². The number of nitrogens with one attached hydrogen (secondary N) is 1. The van der Waals surface area contributed by atoms with Gasteiger partial charge in [0.15, 0.2) is 0 Å². The van der Waals surface area contributed by atoms with Crippen molar-refractivity contribution >= 4 is 29.1 Å². The fourth-order valence-electron chi connectivity index (χ4n) is 3.14. The standard InChI is InChI=1S/C20H23N3O3S/c1-13(17-12-27-14(2)22-17)21-18(24)10-4-3-7-11-23-19(25)15-8-5-6-9-16(15)20(23)26/h5-6,8-9,12-13H,3-4,7,10-11H2,1-2H3,(H,21,24). The fraction of sp³-hybridized carbons (Fsp3) is 0.400. The number of unbranched alkanes of at least 4 members (excludes halogenated alkanes) is 2. The number of carbonyl (C=O) groups excluding carboxylic acids is 3. The number of carbonyl (C=O) groups is 3. The predicted molar refractivity (Wildman–Crippen MR) is 104 cm³/mol. The largest absolute Gasteiger partial charge is 0.348 e. The molecule has 1 aromatic carbocycles. The highest BCUT2D eigenvalue weighted by atomic mass is 32.1. The van der Waals surface area contributed by atoms with Gasteiger partial charge in [-0.1, -0.05) is 18.6 Å². The van der Waals surface area contributed by atoms with Crippen molar-refractivity contribution in [3.63, 3.8) is 0 Å². The van der Waals surface area contributed by atoms with Gasteiger partial charge in [-0.3, -0.25) is 19.3 Å². The van der Waals surface area contributed by atoms with Crippen LogP contribution >= 0.6 is 11.3 Å². The number of benzene rings is 1. The molecule has 0 saturated heterocycles. The molecule has 0 bridgehead atoms. The van der Waals surface area contributed by atoms with E-state index in [1.807, 2.05) is 19.2 Å². The quantitative estimate of drug-likeness (QED) is 0.557. The second-order valence-corrected chi connectivity index (χ2v) is 7.76. The first-order valence-corrected chi connectivity index (χ1v) is 10.0. The second kappa shape index (κ2) is 8.43. The molecule has 3 amide bonds. The molecule has 2 aromatic rings. The van der Waals surface area contributed by atoms with Crippen molar-refractivity contribution in [1.29, 1.82) is 0 Å². The molecule has 1 aliphatic rings. The Labute approximate surface area is 162 Å². The van der Waals surface area contributed by atoms with Crippen molar-refractivity contribution in [2.45, 2.75) is 45.6 Å². The van der Waals surface area contributed by atoms with Crippen LogP contribution in [0.4, 0.5) is 0 Å². The third kappa shape index (κ3) is 4.42. The smallest absolute Gasteiger partial charge is 0.261 e. The first-order valence-electron chi connectivity index (χ1n) is 9.14. The van der Waals surface area contributed by atoms with E-state index in [1.165, 1.54) is 4.90 Å². The van der Waals surface area contributed by atoms with E-state index in [0.29, 0.717) is 30.5 Å². The summed E-state index contributed by atoms with van der Waals surface area (Å²) in [6, 6.07) is 6.80. The first kappa shape index (κ1) is 19.2. The van der Waals surface area contributed by atoms with Gasteiger partial charge in [-0.05, 0) is 38.8 Å². The molecule has 0 spiro atoms. The van der Waals surface area contributed by atoms with Crippen LogP contribution in [-0.2, 0) is 4.79 Å². The molecular formula is C20H23N3O3S. The van der Waals surface area contributed by atoms with Gasteiger partial charge in [0.05, 0.1) is 27.9 Å². The highest BCUT2D eigenvalue weighted by molar-refractivity contribution is 7.09. The van der Waals surface area contributed by atoms with E-state index < -0.39 is 0 Å². The first-order chi connectivity index (χ1) is 13.0. The number of hydrogen-bond donors (Lipinski definition) is 1. The van der Waals surface area contributed by atoms with Crippen LogP contribution in [0, 0.1) is 6.92 Å². The van der Waals surface area contributed by atoms with E-state index in [-0.39, 0.29) is 23.8 Å². The maximum Gasteiger partial charge on any atom is 0.261 e. The lowest BCUT2D eigenvalue weighted by molar-refractivity contribution is -0.121. The van der Waals surface area contributed by atoms with Gasteiger partial charge in [0.25, 0.3) is 11.8 Å². The Hall–Kier alpha value is -2.54. The van der Waals surface area contributed by atoms with Gasteiger partial charge in [-0.25, -0.2) is 4.98 Å². The monoisotopic (exact) mass is 385 g/mol. The summed E-state index contributed by atoms with van der Waals surface area (Å²) in [5, 5.41) is 5.90. The van der Waals surface area contributed by atoms with Gasteiger partial charge in [0, 0.05) is 18.3 Å². The lowest BCUT2D eigenvalue weighted by Gasteiger charge is -2.14. The molecule has 2 heterocycles. The van der Waals surface area contributed by atoms with Gasteiger partial charge >= 0.3 is 0 Å². The van der Waals surface area contributed by atoms with E-state index in [9.17, 15) is 14.4 Å². The molecule has 3 rings (SSSR count). The Morgan fingerprint density at radius 2 is 1.81 bits per heavy atom. The number of rotatable bonds is 8. The summed E-state index contributed by atoms with van der Waals surface area (Å²) < 4.78 is 0. The molecule has 142 valence electrons. The molecule has 0 aliphatic carbocycles. The highest BCUT2D eigenvalue weighted by Gasteiger charge is 2.34. The average molecular weight is 385 g/mol. The molecule has 1 unspecified atom stereocenters. The molecule has 1 aliphatic heterocycles. The topological polar surface area (TPSA) is 79.4 Å². The van der Waals surface area contributed by atoms with Gasteiger partial charge < -0.3 is 5.32 Å². The van der Waals surface area contributed by atoms with Crippen LogP contribution in [0.1, 0.15) is 70.1 Å². The number of thiazole rings is 1. The third-order valence-corrected chi connectivity index (χ3v) is 5.41. The van der Waals surface area contributed by atoms with Crippen molar-refractivity contribution in [3.05, 3.63) is 51.5 Å². The molecule has 0 saturated carbocycles. The minimum absolute atomic E-state index is 0.00566. The number of amides is 3. The van der Waals surface area contributed by atoms with Crippen LogP contribution in [0.5, 0.6) is 0 Å². The van der Waals surface area contributed by atoms with Gasteiger partial charge in [0.1, 0.15) is 0 Å². The van der Waals surface area contributed by atoms with Crippen LogP contribution in [0.3, 0.4) is 0 Å². The van der Waals surface area contributed by atoms with E-state index in [2.05, 4.69) is 10.3 Å². The zero-order valence-electron chi connectivity index (χ0n) is 15.5.